The number of ketones is 1. The third-order valence-corrected chi connectivity index (χ3v) is 4.68. The standard InChI is InChI=1S/C24H21NO2/c1-17-14-18(10-11-24(17)27-21-7-3-2-4-8-21)15-20(26)16-19-6-5-9-23-22(19)12-13-25-23/h2-14,25H,15-16H2,1H3. The van der Waals surface area contributed by atoms with Crippen LogP contribution in [0.5, 0.6) is 11.5 Å². The Hall–Kier alpha value is -3.33. The number of aromatic nitrogens is 1. The van der Waals surface area contributed by atoms with E-state index in [2.05, 4.69) is 4.98 Å². The van der Waals surface area contributed by atoms with Gasteiger partial charge in [0.2, 0.25) is 0 Å². The number of hydrogen-bond donors (Lipinski definition) is 1. The molecule has 4 rings (SSSR count). The van der Waals surface area contributed by atoms with Gasteiger partial charge in [-0.2, -0.15) is 0 Å². The van der Waals surface area contributed by atoms with Crippen LogP contribution in [0.2, 0.25) is 0 Å². The molecule has 3 nitrogen and oxygen atoms in total. The fraction of sp³-hybridized carbons (Fsp3) is 0.125. The normalized spacial score (nSPS) is 10.9. The van der Waals surface area contributed by atoms with Crippen molar-refractivity contribution in [2.24, 2.45) is 0 Å². The number of nitrogens with one attached hydrogen (secondary N) is 1. The number of carbonyl (C=O) groups is 1. The first-order chi connectivity index (χ1) is 13.2. The molecule has 27 heavy (non-hydrogen) atoms. The molecule has 1 N–H and O–H groups in total. The van der Waals surface area contributed by atoms with Gasteiger partial charge in [0, 0.05) is 29.9 Å². The van der Waals surface area contributed by atoms with E-state index in [1.165, 1.54) is 0 Å². The number of aromatic amines is 1. The largest absolute Gasteiger partial charge is 0.457 e. The first-order valence-electron chi connectivity index (χ1n) is 9.08. The molecular weight excluding hydrogens is 334 g/mol. The number of hydrogen-bond acceptors (Lipinski definition) is 2. The molecule has 0 atom stereocenters. The fourth-order valence-corrected chi connectivity index (χ4v) is 3.36. The molecule has 4 aromatic rings. The summed E-state index contributed by atoms with van der Waals surface area (Å²) < 4.78 is 5.92. The van der Waals surface area contributed by atoms with E-state index in [9.17, 15) is 4.79 Å². The lowest BCUT2D eigenvalue weighted by molar-refractivity contribution is -0.117. The Morgan fingerprint density at radius 2 is 1.78 bits per heavy atom. The molecule has 0 spiro atoms. The van der Waals surface area contributed by atoms with E-state index in [4.69, 9.17) is 4.74 Å². The highest BCUT2D eigenvalue weighted by molar-refractivity contribution is 5.90. The molecule has 0 aliphatic rings. The van der Waals surface area contributed by atoms with E-state index in [0.717, 1.165) is 39.1 Å². The quantitative estimate of drug-likeness (QED) is 0.487. The third kappa shape index (κ3) is 3.93. The highest BCUT2D eigenvalue weighted by Gasteiger charge is 2.10. The van der Waals surface area contributed by atoms with Crippen molar-refractivity contribution < 1.29 is 9.53 Å². The van der Waals surface area contributed by atoms with Crippen LogP contribution in [0.25, 0.3) is 10.9 Å². The molecule has 1 heterocycles. The maximum Gasteiger partial charge on any atom is 0.141 e. The minimum absolute atomic E-state index is 0.208. The highest BCUT2D eigenvalue weighted by atomic mass is 16.5. The van der Waals surface area contributed by atoms with Gasteiger partial charge >= 0.3 is 0 Å². The first kappa shape index (κ1) is 17.1. The molecular formula is C24H21NO2. The fourth-order valence-electron chi connectivity index (χ4n) is 3.36. The zero-order valence-corrected chi connectivity index (χ0v) is 15.2. The van der Waals surface area contributed by atoms with Gasteiger partial charge in [0.15, 0.2) is 0 Å². The number of carbonyl (C=O) groups excluding carboxylic acids is 1. The molecule has 3 aromatic carbocycles. The van der Waals surface area contributed by atoms with Crippen LogP contribution >= 0.6 is 0 Å². The van der Waals surface area contributed by atoms with Crippen molar-refractivity contribution in [3.05, 3.63) is 95.7 Å². The molecule has 0 radical (unpaired) electrons. The van der Waals surface area contributed by atoms with E-state index in [-0.39, 0.29) is 5.78 Å². The summed E-state index contributed by atoms with van der Waals surface area (Å²) in [6.07, 6.45) is 2.78. The van der Waals surface area contributed by atoms with Gasteiger partial charge in [-0.15, -0.1) is 0 Å². The van der Waals surface area contributed by atoms with Crippen LogP contribution in [0.1, 0.15) is 16.7 Å². The lowest BCUT2D eigenvalue weighted by atomic mass is 9.99. The molecule has 1 aromatic heterocycles. The second-order valence-electron chi connectivity index (χ2n) is 6.76. The zero-order chi connectivity index (χ0) is 18.6. The van der Waals surface area contributed by atoms with E-state index < -0.39 is 0 Å². The van der Waals surface area contributed by atoms with Crippen molar-refractivity contribution in [3.8, 4) is 11.5 Å². The summed E-state index contributed by atoms with van der Waals surface area (Å²) in [7, 11) is 0. The van der Waals surface area contributed by atoms with Crippen LogP contribution in [-0.4, -0.2) is 10.8 Å². The van der Waals surface area contributed by atoms with Crippen LogP contribution < -0.4 is 4.74 Å². The Kier molecular flexibility index (Phi) is 4.75. The molecule has 0 aliphatic heterocycles. The number of aryl methyl sites for hydroxylation is 1. The number of para-hydroxylation sites is 1. The minimum Gasteiger partial charge on any atom is -0.457 e. The minimum atomic E-state index is 0.208. The summed E-state index contributed by atoms with van der Waals surface area (Å²) in [5.74, 6) is 1.83. The Balaban J connectivity index is 1.45. The second kappa shape index (κ2) is 7.50. The van der Waals surface area contributed by atoms with Gasteiger partial charge in [-0.25, -0.2) is 0 Å². The van der Waals surface area contributed by atoms with E-state index in [0.29, 0.717) is 12.8 Å². The van der Waals surface area contributed by atoms with Crippen molar-refractivity contribution in [3.63, 3.8) is 0 Å². The molecule has 0 fully saturated rings. The van der Waals surface area contributed by atoms with Gasteiger partial charge in [-0.05, 0) is 53.9 Å². The number of fused-ring (bicyclic) bond motifs is 1. The monoisotopic (exact) mass is 355 g/mol. The number of Topliss-reactive ketones (excluding diaryl/α,β-unsaturated/α-hetero) is 1. The van der Waals surface area contributed by atoms with Gasteiger partial charge in [0.25, 0.3) is 0 Å². The maximum atomic E-state index is 12.6. The Bertz CT molecular complexity index is 1080. The summed E-state index contributed by atoms with van der Waals surface area (Å²) in [4.78, 5) is 15.8. The van der Waals surface area contributed by atoms with Crippen molar-refractivity contribution in [2.75, 3.05) is 0 Å². The molecule has 0 unspecified atom stereocenters. The van der Waals surface area contributed by atoms with Crippen LogP contribution in [0.15, 0.2) is 79.0 Å². The molecule has 0 amide bonds. The zero-order valence-electron chi connectivity index (χ0n) is 15.2. The number of rotatable bonds is 6. The van der Waals surface area contributed by atoms with Gasteiger partial charge in [-0.3, -0.25) is 4.79 Å². The lowest BCUT2D eigenvalue weighted by Gasteiger charge is -2.10. The van der Waals surface area contributed by atoms with Gasteiger partial charge < -0.3 is 9.72 Å². The molecule has 0 saturated carbocycles. The van der Waals surface area contributed by atoms with Crippen LogP contribution in [0, 0.1) is 6.92 Å². The van der Waals surface area contributed by atoms with Gasteiger partial charge in [-0.1, -0.05) is 42.5 Å². The summed E-state index contributed by atoms with van der Waals surface area (Å²) in [6, 6.07) is 23.7. The van der Waals surface area contributed by atoms with Gasteiger partial charge in [0.05, 0.1) is 0 Å². The first-order valence-corrected chi connectivity index (χ1v) is 9.08. The van der Waals surface area contributed by atoms with Gasteiger partial charge in [0.1, 0.15) is 17.3 Å². The summed E-state index contributed by atoms with van der Waals surface area (Å²) in [6.45, 7) is 2.01. The summed E-state index contributed by atoms with van der Waals surface area (Å²) >= 11 is 0. The molecule has 0 saturated heterocycles. The molecule has 0 bridgehead atoms. The highest BCUT2D eigenvalue weighted by Crippen LogP contribution is 2.26. The van der Waals surface area contributed by atoms with Crippen molar-refractivity contribution in [1.82, 2.24) is 4.98 Å². The van der Waals surface area contributed by atoms with Crippen LogP contribution in [-0.2, 0) is 17.6 Å². The van der Waals surface area contributed by atoms with E-state index in [1.54, 1.807) is 0 Å². The van der Waals surface area contributed by atoms with Crippen molar-refractivity contribution in [1.29, 1.82) is 0 Å². The smallest absolute Gasteiger partial charge is 0.141 e. The Morgan fingerprint density at radius 3 is 2.59 bits per heavy atom. The van der Waals surface area contributed by atoms with E-state index in [1.807, 2.05) is 85.9 Å². The maximum absolute atomic E-state index is 12.6. The molecule has 0 aliphatic carbocycles. The Morgan fingerprint density at radius 1 is 0.926 bits per heavy atom. The van der Waals surface area contributed by atoms with E-state index >= 15 is 0 Å². The predicted octanol–water partition coefficient (Wildman–Crippen LogP) is 5.62. The SMILES string of the molecule is Cc1cc(CC(=O)Cc2cccc3[nH]ccc23)ccc1Oc1ccccc1. The average Bonchev–Trinajstić information content (AvgIpc) is 3.15. The lowest BCUT2D eigenvalue weighted by Crippen LogP contribution is -2.07. The van der Waals surface area contributed by atoms with Crippen molar-refractivity contribution >= 4 is 16.7 Å². The predicted molar refractivity (Wildman–Crippen MR) is 108 cm³/mol. The second-order valence-corrected chi connectivity index (χ2v) is 6.76. The number of ether oxygens (including phenoxy) is 1. The van der Waals surface area contributed by atoms with Crippen LogP contribution in [0.3, 0.4) is 0 Å². The summed E-state index contributed by atoms with van der Waals surface area (Å²) in [5.41, 5.74) is 4.18. The molecule has 134 valence electrons. The topological polar surface area (TPSA) is 42.1 Å². The molecule has 3 heteroatoms. The average molecular weight is 355 g/mol. The number of H-pyrrole nitrogens is 1. The summed E-state index contributed by atoms with van der Waals surface area (Å²) in [5, 5.41) is 1.12. The third-order valence-electron chi connectivity index (χ3n) is 4.68. The van der Waals surface area contributed by atoms with Crippen molar-refractivity contribution in [2.45, 2.75) is 19.8 Å². The van der Waals surface area contributed by atoms with Crippen LogP contribution in [0.4, 0.5) is 0 Å². The number of benzene rings is 3. The Labute approximate surface area is 158 Å².